The Bertz CT molecular complexity index is 712. The fourth-order valence-corrected chi connectivity index (χ4v) is 2.24. The zero-order valence-corrected chi connectivity index (χ0v) is 12.6. The first-order valence-electron chi connectivity index (χ1n) is 5.58. The van der Waals surface area contributed by atoms with Crippen LogP contribution in [0.1, 0.15) is 5.56 Å². The van der Waals surface area contributed by atoms with Crippen LogP contribution in [0.15, 0.2) is 34.8 Å². The summed E-state index contributed by atoms with van der Waals surface area (Å²) >= 11 is 8.89. The first-order valence-corrected chi connectivity index (χ1v) is 6.91. The summed E-state index contributed by atoms with van der Waals surface area (Å²) in [5.74, 6) is -2.13. The molecule has 0 saturated heterocycles. The molecule has 0 saturated carbocycles. The van der Waals surface area contributed by atoms with Crippen LogP contribution in [0.25, 0.3) is 0 Å². The van der Waals surface area contributed by atoms with E-state index in [1.807, 2.05) is 0 Å². The Morgan fingerprint density at radius 2 is 1.90 bits per heavy atom. The van der Waals surface area contributed by atoms with Gasteiger partial charge in [0, 0.05) is 11.9 Å². The second-order valence-corrected chi connectivity index (χ2v) is 5.11. The molecule has 0 aliphatic heterocycles. The third-order valence-electron chi connectivity index (χ3n) is 2.57. The predicted molar refractivity (Wildman–Crippen MR) is 76.8 cm³/mol. The van der Waals surface area contributed by atoms with Crippen LogP contribution in [0.3, 0.4) is 0 Å². The van der Waals surface area contributed by atoms with Crippen molar-refractivity contribution in [2.75, 3.05) is 0 Å². The molecule has 0 radical (unpaired) electrons. The normalized spacial score (nSPS) is 10.5. The van der Waals surface area contributed by atoms with Gasteiger partial charge in [0.15, 0.2) is 11.6 Å². The third kappa shape index (κ3) is 3.48. The molecular weight excluding hydrogens is 372 g/mol. The van der Waals surface area contributed by atoms with Crippen LogP contribution in [-0.4, -0.2) is 4.92 Å². The SMILES string of the molecule is O=[N+]([O-])c1cc(F)c(Oc2ccc(CCl)cc2Br)cc1F. The van der Waals surface area contributed by atoms with Gasteiger partial charge in [-0.25, -0.2) is 4.39 Å². The van der Waals surface area contributed by atoms with E-state index in [0.717, 1.165) is 5.56 Å². The number of hydrogen-bond donors (Lipinski definition) is 0. The minimum atomic E-state index is -1.18. The van der Waals surface area contributed by atoms with Crippen LogP contribution in [-0.2, 0) is 5.88 Å². The lowest BCUT2D eigenvalue weighted by Gasteiger charge is -2.09. The quantitative estimate of drug-likeness (QED) is 0.419. The van der Waals surface area contributed by atoms with Crippen LogP contribution >= 0.6 is 27.5 Å². The number of benzene rings is 2. The van der Waals surface area contributed by atoms with Gasteiger partial charge in [0.25, 0.3) is 0 Å². The Labute approximate surface area is 131 Å². The number of halogens is 4. The molecule has 0 heterocycles. The van der Waals surface area contributed by atoms with E-state index in [1.54, 1.807) is 12.1 Å². The second-order valence-electron chi connectivity index (χ2n) is 3.99. The predicted octanol–water partition coefficient (Wildman–Crippen LogP) is 5.17. The molecule has 0 aliphatic carbocycles. The molecule has 2 aromatic carbocycles. The Morgan fingerprint density at radius 1 is 1.19 bits per heavy atom. The molecule has 0 aliphatic rings. The largest absolute Gasteiger partial charge is 0.453 e. The number of hydrogen-bond acceptors (Lipinski definition) is 3. The lowest BCUT2D eigenvalue weighted by Crippen LogP contribution is -1.97. The highest BCUT2D eigenvalue weighted by Crippen LogP contribution is 2.34. The van der Waals surface area contributed by atoms with Gasteiger partial charge in [-0.2, -0.15) is 4.39 Å². The standard InChI is InChI=1S/C13H7BrClF2NO3/c14-8-3-7(6-15)1-2-12(8)21-13-5-9(16)11(18(19)20)4-10(13)17/h1-5H,6H2. The van der Waals surface area contributed by atoms with Crippen molar-refractivity contribution in [2.24, 2.45) is 0 Å². The highest BCUT2D eigenvalue weighted by molar-refractivity contribution is 9.10. The van der Waals surface area contributed by atoms with Gasteiger partial charge >= 0.3 is 5.69 Å². The van der Waals surface area contributed by atoms with Gasteiger partial charge in [-0.05, 0) is 33.6 Å². The maximum atomic E-state index is 13.7. The Balaban J connectivity index is 2.36. The molecule has 21 heavy (non-hydrogen) atoms. The third-order valence-corrected chi connectivity index (χ3v) is 3.50. The summed E-state index contributed by atoms with van der Waals surface area (Å²) in [7, 11) is 0. The summed E-state index contributed by atoms with van der Waals surface area (Å²) in [4.78, 5) is 9.50. The lowest BCUT2D eigenvalue weighted by atomic mass is 10.2. The van der Waals surface area contributed by atoms with E-state index in [9.17, 15) is 18.9 Å². The first-order chi connectivity index (χ1) is 9.92. The highest BCUT2D eigenvalue weighted by Gasteiger charge is 2.20. The molecule has 8 heteroatoms. The van der Waals surface area contributed by atoms with E-state index in [2.05, 4.69) is 15.9 Å². The van der Waals surface area contributed by atoms with Crippen molar-refractivity contribution >= 4 is 33.2 Å². The lowest BCUT2D eigenvalue weighted by molar-refractivity contribution is -0.387. The second kappa shape index (κ2) is 6.36. The molecular formula is C13H7BrClF2NO3. The molecule has 0 spiro atoms. The minimum Gasteiger partial charge on any atom is -0.453 e. The van der Waals surface area contributed by atoms with Crippen LogP contribution in [0.4, 0.5) is 14.5 Å². The fourth-order valence-electron chi connectivity index (χ4n) is 1.56. The number of nitro benzene ring substituents is 1. The van der Waals surface area contributed by atoms with Crippen molar-refractivity contribution in [3.63, 3.8) is 0 Å². The summed E-state index contributed by atoms with van der Waals surface area (Å²) < 4.78 is 32.9. The van der Waals surface area contributed by atoms with Crippen molar-refractivity contribution in [3.8, 4) is 11.5 Å². The summed E-state index contributed by atoms with van der Waals surface area (Å²) in [5, 5.41) is 10.5. The van der Waals surface area contributed by atoms with Crippen LogP contribution in [0.2, 0.25) is 0 Å². The minimum absolute atomic E-state index is 0.232. The molecule has 0 fully saturated rings. The zero-order valence-electron chi connectivity index (χ0n) is 10.3. The van der Waals surface area contributed by atoms with E-state index < -0.39 is 28.0 Å². The number of ether oxygens (including phenoxy) is 1. The van der Waals surface area contributed by atoms with Gasteiger partial charge in [-0.1, -0.05) is 6.07 Å². The van der Waals surface area contributed by atoms with Gasteiger partial charge in [-0.3, -0.25) is 10.1 Å². The number of nitro groups is 1. The van der Waals surface area contributed by atoms with Gasteiger partial charge in [0.05, 0.1) is 15.5 Å². The summed E-state index contributed by atoms with van der Waals surface area (Å²) in [6, 6.07) is 5.97. The van der Waals surface area contributed by atoms with E-state index in [1.165, 1.54) is 6.07 Å². The highest BCUT2D eigenvalue weighted by atomic mass is 79.9. The zero-order chi connectivity index (χ0) is 15.6. The van der Waals surface area contributed by atoms with Crippen molar-refractivity contribution < 1.29 is 18.4 Å². The Morgan fingerprint density at radius 3 is 2.48 bits per heavy atom. The Hall–Kier alpha value is -1.73. The molecule has 110 valence electrons. The number of rotatable bonds is 4. The van der Waals surface area contributed by atoms with Crippen LogP contribution in [0, 0.1) is 21.7 Å². The molecule has 2 rings (SSSR count). The molecule has 0 aromatic heterocycles. The molecule has 4 nitrogen and oxygen atoms in total. The topological polar surface area (TPSA) is 52.4 Å². The summed E-state index contributed by atoms with van der Waals surface area (Å²) in [6.07, 6.45) is 0. The number of nitrogens with zero attached hydrogens (tertiary/aromatic N) is 1. The monoisotopic (exact) mass is 377 g/mol. The van der Waals surface area contributed by atoms with Crippen molar-refractivity contribution in [3.05, 3.63) is 62.1 Å². The smallest absolute Gasteiger partial charge is 0.307 e. The Kier molecular flexibility index (Phi) is 4.74. The summed E-state index contributed by atoms with van der Waals surface area (Å²) in [6.45, 7) is 0. The van der Waals surface area contributed by atoms with Crippen molar-refractivity contribution in [1.29, 1.82) is 0 Å². The maximum Gasteiger partial charge on any atom is 0.307 e. The van der Waals surface area contributed by atoms with Crippen LogP contribution in [0.5, 0.6) is 11.5 Å². The van der Waals surface area contributed by atoms with Gasteiger partial charge in [0.2, 0.25) is 5.82 Å². The molecule has 0 N–H and O–H groups in total. The first kappa shape index (κ1) is 15.7. The van der Waals surface area contributed by atoms with E-state index >= 15 is 0 Å². The van der Waals surface area contributed by atoms with Crippen molar-refractivity contribution in [1.82, 2.24) is 0 Å². The average molecular weight is 379 g/mol. The number of alkyl halides is 1. The van der Waals surface area contributed by atoms with E-state index in [4.69, 9.17) is 16.3 Å². The van der Waals surface area contributed by atoms with E-state index in [-0.39, 0.29) is 5.75 Å². The van der Waals surface area contributed by atoms with Gasteiger partial charge in [0.1, 0.15) is 5.75 Å². The van der Waals surface area contributed by atoms with Crippen molar-refractivity contribution in [2.45, 2.75) is 5.88 Å². The fraction of sp³-hybridized carbons (Fsp3) is 0.0769. The molecule has 0 amide bonds. The van der Waals surface area contributed by atoms with E-state index in [0.29, 0.717) is 22.5 Å². The average Bonchev–Trinajstić information content (AvgIpc) is 2.44. The maximum absolute atomic E-state index is 13.7. The summed E-state index contributed by atoms with van der Waals surface area (Å²) in [5.41, 5.74) is -0.136. The van der Waals surface area contributed by atoms with Crippen LogP contribution < -0.4 is 4.74 Å². The molecule has 0 atom stereocenters. The molecule has 0 unspecified atom stereocenters. The van der Waals surface area contributed by atoms with Gasteiger partial charge < -0.3 is 4.74 Å². The molecule has 0 bridgehead atoms. The van der Waals surface area contributed by atoms with Gasteiger partial charge in [-0.15, -0.1) is 11.6 Å². The molecule has 2 aromatic rings.